The summed E-state index contributed by atoms with van der Waals surface area (Å²) in [6.45, 7) is 0. The van der Waals surface area contributed by atoms with Gasteiger partial charge < -0.3 is 0 Å². The van der Waals surface area contributed by atoms with Gasteiger partial charge in [-0.3, -0.25) is 0 Å². The van der Waals surface area contributed by atoms with E-state index in [1.165, 1.54) is 0 Å². The molecule has 0 saturated heterocycles. The first-order valence-electron chi connectivity index (χ1n) is 15.9. The maximum absolute atomic E-state index is 18.0. The molecule has 65 heavy (non-hydrogen) atoms. The molecular formula is C36BF24I4-. The van der Waals surface area contributed by atoms with Crippen LogP contribution >= 0.6 is 90.4 Å². The highest BCUT2D eigenvalue weighted by Crippen LogP contribution is 2.45. The Kier molecular flexibility index (Phi) is 13.8. The van der Waals surface area contributed by atoms with Crippen LogP contribution in [0, 0.1) is 154 Å². The van der Waals surface area contributed by atoms with Crippen LogP contribution in [0.2, 0.25) is 0 Å². The van der Waals surface area contributed by atoms with Crippen molar-refractivity contribution in [2.45, 2.75) is 0 Å². The smallest absolute Gasteiger partial charge is 0.200 e. The lowest BCUT2D eigenvalue weighted by Crippen LogP contribution is -2.81. The highest BCUT2D eigenvalue weighted by Gasteiger charge is 2.53. The van der Waals surface area contributed by atoms with Crippen LogP contribution < -0.4 is 21.9 Å². The van der Waals surface area contributed by atoms with Crippen LogP contribution in [0.4, 0.5) is 105 Å². The minimum Gasteiger partial charge on any atom is -0.210 e. The summed E-state index contributed by atoms with van der Waals surface area (Å²) >= 11 is 2.18. The molecule has 0 aliphatic rings. The predicted molar refractivity (Wildman–Crippen MR) is 211 cm³/mol. The normalized spacial score (nSPS) is 12.0. The van der Waals surface area contributed by atoms with Crippen LogP contribution in [0.5, 0.6) is 0 Å². The monoisotopic (exact) mass is 1410 g/mol. The third-order valence-corrected chi connectivity index (χ3v) is 13.8. The molecule has 0 radical (unpaired) electrons. The average molecular weight is 1410 g/mol. The van der Waals surface area contributed by atoms with E-state index in [0.717, 1.165) is 0 Å². The molecule has 0 N–H and O–H groups in total. The quantitative estimate of drug-likeness (QED) is 0.0513. The van der Waals surface area contributed by atoms with Crippen molar-refractivity contribution in [3.05, 3.63) is 154 Å². The lowest BCUT2D eigenvalue weighted by atomic mass is 9.12. The van der Waals surface area contributed by atoms with Gasteiger partial charge in [0.2, 0.25) is 0 Å². The highest BCUT2D eigenvalue weighted by atomic mass is 127. The van der Waals surface area contributed by atoms with E-state index in [1.54, 1.807) is 0 Å². The summed E-state index contributed by atoms with van der Waals surface area (Å²) in [5, 5.41) is 0. The Morgan fingerprint density at radius 3 is 0.523 bits per heavy atom. The van der Waals surface area contributed by atoms with Gasteiger partial charge in [0.15, 0.2) is 87.3 Å². The Morgan fingerprint density at radius 2 is 0.323 bits per heavy atom. The molecule has 6 aromatic carbocycles. The Hall–Kier alpha value is -3.38. The van der Waals surface area contributed by atoms with Crippen molar-refractivity contribution in [1.82, 2.24) is 0 Å². The van der Waals surface area contributed by atoms with E-state index >= 15 is 83.4 Å². The molecule has 6 aromatic rings. The molecule has 0 aliphatic heterocycles. The van der Waals surface area contributed by atoms with Crippen LogP contribution in [-0.2, 0) is 0 Å². The van der Waals surface area contributed by atoms with Gasteiger partial charge in [0, 0.05) is 11.1 Å². The van der Waals surface area contributed by atoms with Crippen LogP contribution in [0.3, 0.4) is 0 Å². The van der Waals surface area contributed by atoms with E-state index in [4.69, 9.17) is 0 Å². The summed E-state index contributed by atoms with van der Waals surface area (Å²) in [6, 6.07) is 0. The summed E-state index contributed by atoms with van der Waals surface area (Å²) < 4.78 is 372. The zero-order valence-electron chi connectivity index (χ0n) is 29.2. The molecule has 344 valence electrons. The second-order valence-corrected chi connectivity index (χ2v) is 17.1. The molecular weight excluding hydrogens is 1410 g/mol. The molecule has 0 nitrogen and oxygen atoms in total. The molecule has 0 atom stereocenters. The van der Waals surface area contributed by atoms with E-state index < -0.39 is 204 Å². The van der Waals surface area contributed by atoms with Crippen molar-refractivity contribution in [3.8, 4) is 22.3 Å². The Balaban J connectivity index is 2.24. The first kappa shape index (κ1) is 51.0. The number of hydrogen-bond acceptors (Lipinski definition) is 0. The van der Waals surface area contributed by atoms with Crippen LogP contribution in [0.1, 0.15) is 0 Å². The fourth-order valence-electron chi connectivity index (χ4n) is 7.02. The van der Waals surface area contributed by atoms with Crippen molar-refractivity contribution in [3.63, 3.8) is 0 Å². The van der Waals surface area contributed by atoms with Crippen LogP contribution in [0.15, 0.2) is 0 Å². The minimum atomic E-state index is -7.56. The SMILES string of the molecule is Fc1c(F)c(F)c([B-](c2c(F)c(F)c(F)c(F)c2F)(c2c(F)c(F)c(F)c(F)c2F)c2c(F)c(-c3c(I)c(F)c(F)c(F)c3I)c(F)c(-c3c(I)c(F)c(F)c(F)c3I)c2F)c(F)c1F. The predicted octanol–water partition coefficient (Wildman–Crippen LogP) is 12.2. The first-order chi connectivity index (χ1) is 30.0. The average Bonchev–Trinajstić information content (AvgIpc) is 3.26. The summed E-state index contributed by atoms with van der Waals surface area (Å²) in [5.74, 6) is -80.7. The zero-order chi connectivity index (χ0) is 49.3. The fraction of sp³-hybridized carbons (Fsp3) is 0. The van der Waals surface area contributed by atoms with Crippen molar-refractivity contribution in [2.75, 3.05) is 0 Å². The fourth-order valence-corrected chi connectivity index (χ4v) is 11.2. The second kappa shape index (κ2) is 17.6. The Morgan fingerprint density at radius 1 is 0.169 bits per heavy atom. The molecule has 0 spiro atoms. The van der Waals surface area contributed by atoms with Gasteiger partial charge in [0.1, 0.15) is 58.5 Å². The number of rotatable bonds is 6. The minimum absolute atomic E-state index is 0.546. The van der Waals surface area contributed by atoms with Gasteiger partial charge in [0.25, 0.3) is 0 Å². The molecule has 6 rings (SSSR count). The standard InChI is InChI=1S/C36BF24I4/c38-9-1(3-33(62)29(58)27(56)30(59)34(3)63)10(39)5(11(40)2(9)4-35(64)31(60)28(57)32(61)36(4)65)37(6-12(41)18(47)24(53)19(48)13(6)42,7-14(43)20(49)25(54)21(50)15(7)44)8-16(45)22(51)26(55)23(52)17(8)46/q-1. The third kappa shape index (κ3) is 6.99. The lowest BCUT2D eigenvalue weighted by Gasteiger charge is -2.45. The summed E-state index contributed by atoms with van der Waals surface area (Å²) in [7, 11) is 0. The van der Waals surface area contributed by atoms with Crippen molar-refractivity contribution >= 4 is 118 Å². The molecule has 0 bridgehead atoms. The Labute approximate surface area is 396 Å². The molecule has 0 aromatic heterocycles. The topological polar surface area (TPSA) is 0 Å². The Bertz CT molecular complexity index is 2750. The lowest BCUT2D eigenvalue weighted by molar-refractivity contribution is 0.379. The van der Waals surface area contributed by atoms with E-state index in [-0.39, 0.29) is 0 Å². The maximum atomic E-state index is 18.0. The van der Waals surface area contributed by atoms with E-state index in [9.17, 15) is 22.0 Å². The molecule has 0 heterocycles. The van der Waals surface area contributed by atoms with Gasteiger partial charge in [-0.2, -0.15) is 0 Å². The van der Waals surface area contributed by atoms with Gasteiger partial charge >= 0.3 is 0 Å². The summed E-state index contributed by atoms with van der Waals surface area (Å²) in [4.78, 5) is 0. The molecule has 0 saturated carbocycles. The molecule has 0 amide bonds. The van der Waals surface area contributed by atoms with Crippen molar-refractivity contribution < 1.29 is 105 Å². The summed E-state index contributed by atoms with van der Waals surface area (Å²) in [6.07, 6.45) is -7.56. The number of benzene rings is 6. The van der Waals surface area contributed by atoms with Crippen molar-refractivity contribution in [1.29, 1.82) is 0 Å². The zero-order valence-corrected chi connectivity index (χ0v) is 37.8. The second-order valence-electron chi connectivity index (χ2n) is 12.8. The van der Waals surface area contributed by atoms with Gasteiger partial charge in [-0.05, 0) is 90.4 Å². The van der Waals surface area contributed by atoms with Crippen molar-refractivity contribution in [2.24, 2.45) is 0 Å². The van der Waals surface area contributed by atoms with Gasteiger partial charge in [-0.15, -0.1) is 21.9 Å². The van der Waals surface area contributed by atoms with E-state index in [1.807, 2.05) is 0 Å². The molecule has 0 aliphatic carbocycles. The number of halogens is 28. The van der Waals surface area contributed by atoms with E-state index in [2.05, 4.69) is 0 Å². The molecule has 29 heteroatoms. The largest absolute Gasteiger partial charge is 0.210 e. The molecule has 0 unspecified atom stereocenters. The van der Waals surface area contributed by atoms with Crippen LogP contribution in [0.25, 0.3) is 22.3 Å². The van der Waals surface area contributed by atoms with Gasteiger partial charge in [-0.25, -0.2) is 105 Å². The third-order valence-electron chi connectivity index (χ3n) is 9.73. The summed E-state index contributed by atoms with van der Waals surface area (Å²) in [5.41, 5.74) is -23.9. The first-order valence-corrected chi connectivity index (χ1v) is 20.3. The van der Waals surface area contributed by atoms with E-state index in [0.29, 0.717) is 90.4 Å². The van der Waals surface area contributed by atoms with Crippen LogP contribution in [-0.4, -0.2) is 6.15 Å². The highest BCUT2D eigenvalue weighted by molar-refractivity contribution is 14.1. The molecule has 0 fully saturated rings. The maximum Gasteiger partial charge on any atom is 0.200 e. The van der Waals surface area contributed by atoms with Gasteiger partial charge in [-0.1, -0.05) is 0 Å². The number of hydrogen-bond donors (Lipinski definition) is 0. The van der Waals surface area contributed by atoms with Gasteiger partial charge in [0.05, 0.1) is 25.4 Å².